The Kier molecular flexibility index (Phi) is 4.98. The second-order valence-electron chi connectivity index (χ2n) is 4.95. The van der Waals surface area contributed by atoms with E-state index in [1.165, 1.54) is 0 Å². The summed E-state index contributed by atoms with van der Waals surface area (Å²) in [5, 5.41) is 0.631. The Hall–Kier alpha value is -1.43. The monoisotopic (exact) mass is 355 g/mol. The van der Waals surface area contributed by atoms with Gasteiger partial charge in [-0.05, 0) is 37.5 Å². The first kappa shape index (κ1) is 15.9. The van der Waals surface area contributed by atoms with Crippen molar-refractivity contribution in [2.75, 3.05) is 13.2 Å². The second-order valence-corrected chi connectivity index (χ2v) is 5.52. The van der Waals surface area contributed by atoms with E-state index >= 15 is 0 Å². The van der Waals surface area contributed by atoms with Gasteiger partial charge in [0, 0.05) is 17.9 Å². The molecule has 1 heterocycles. The molecule has 0 saturated heterocycles. The molecule has 0 bridgehead atoms. The Morgan fingerprint density at radius 3 is 2.29 bits per heavy atom. The van der Waals surface area contributed by atoms with Crippen molar-refractivity contribution in [2.24, 2.45) is 5.41 Å². The Bertz CT molecular complexity index is 541. The van der Waals surface area contributed by atoms with Crippen LogP contribution >= 0.6 is 15.9 Å². The Morgan fingerprint density at radius 1 is 1.19 bits per heavy atom. The lowest BCUT2D eigenvalue weighted by Crippen LogP contribution is -2.43. The summed E-state index contributed by atoms with van der Waals surface area (Å²) in [5.41, 5.74) is 1.47. The molecule has 0 fully saturated rings. The molecule has 21 heavy (non-hydrogen) atoms. The lowest BCUT2D eigenvalue weighted by atomic mass is 9.85. The predicted octanol–water partition coefficient (Wildman–Crippen LogP) is 2.19. The highest BCUT2D eigenvalue weighted by Crippen LogP contribution is 2.39. The van der Waals surface area contributed by atoms with Crippen molar-refractivity contribution < 1.29 is 19.1 Å². The molecule has 0 N–H and O–H groups in total. The molecule has 0 saturated carbocycles. The van der Waals surface area contributed by atoms with E-state index in [0.29, 0.717) is 11.8 Å². The summed E-state index contributed by atoms with van der Waals surface area (Å²) >= 11 is 3.36. The predicted molar refractivity (Wildman–Crippen MR) is 80.0 cm³/mol. The molecule has 5 nitrogen and oxygen atoms in total. The fourth-order valence-electron chi connectivity index (χ4n) is 2.59. The third-order valence-corrected chi connectivity index (χ3v) is 4.17. The summed E-state index contributed by atoms with van der Waals surface area (Å²) in [5.74, 6) is -1.03. The van der Waals surface area contributed by atoms with Gasteiger partial charge >= 0.3 is 11.9 Å². The molecule has 6 heteroatoms. The van der Waals surface area contributed by atoms with Crippen LogP contribution in [0.4, 0.5) is 0 Å². The maximum atomic E-state index is 12.4. The van der Waals surface area contributed by atoms with E-state index in [1.54, 1.807) is 20.0 Å². The SMILES string of the molecule is CCOC(=O)C1(C(=O)OCC)Cc2cnc(CBr)cc2C1. The Balaban J connectivity index is 2.36. The first-order valence-electron chi connectivity index (χ1n) is 6.94. The van der Waals surface area contributed by atoms with E-state index in [1.807, 2.05) is 6.07 Å². The summed E-state index contributed by atoms with van der Waals surface area (Å²) in [6.07, 6.45) is 2.32. The van der Waals surface area contributed by atoms with Crippen LogP contribution in [0.5, 0.6) is 0 Å². The third-order valence-electron chi connectivity index (χ3n) is 3.59. The number of fused-ring (bicyclic) bond motifs is 1. The number of pyridine rings is 1. The van der Waals surface area contributed by atoms with Crippen molar-refractivity contribution >= 4 is 27.9 Å². The molecule has 0 atom stereocenters. The normalized spacial score (nSPS) is 15.4. The number of carbonyl (C=O) groups is 2. The highest BCUT2D eigenvalue weighted by atomic mass is 79.9. The number of aromatic nitrogens is 1. The molecule has 0 amide bonds. The van der Waals surface area contributed by atoms with E-state index < -0.39 is 17.4 Å². The van der Waals surface area contributed by atoms with Crippen LogP contribution in [0.3, 0.4) is 0 Å². The number of rotatable bonds is 5. The van der Waals surface area contributed by atoms with Gasteiger partial charge in [-0.3, -0.25) is 14.6 Å². The van der Waals surface area contributed by atoms with Gasteiger partial charge in [-0.25, -0.2) is 0 Å². The highest BCUT2D eigenvalue weighted by molar-refractivity contribution is 9.08. The van der Waals surface area contributed by atoms with Crippen LogP contribution < -0.4 is 0 Å². The van der Waals surface area contributed by atoms with Crippen LogP contribution in [-0.4, -0.2) is 30.1 Å². The molecule has 1 aromatic heterocycles. The molecule has 0 unspecified atom stereocenters. The molecular weight excluding hydrogens is 338 g/mol. The molecule has 0 spiro atoms. The molecular formula is C15H18BrNO4. The molecule has 0 aromatic carbocycles. The van der Waals surface area contributed by atoms with Crippen LogP contribution in [0, 0.1) is 5.41 Å². The number of ether oxygens (including phenoxy) is 2. The van der Waals surface area contributed by atoms with E-state index in [4.69, 9.17) is 9.47 Å². The fourth-order valence-corrected chi connectivity index (χ4v) is 2.90. The zero-order valence-corrected chi connectivity index (χ0v) is 13.7. The van der Waals surface area contributed by atoms with Gasteiger partial charge in [0.1, 0.15) is 0 Å². The molecule has 0 aliphatic heterocycles. The maximum Gasteiger partial charge on any atom is 0.324 e. The smallest absolute Gasteiger partial charge is 0.324 e. The Morgan fingerprint density at radius 2 is 1.76 bits per heavy atom. The molecule has 114 valence electrons. The van der Waals surface area contributed by atoms with Crippen molar-refractivity contribution in [3.8, 4) is 0 Å². The van der Waals surface area contributed by atoms with Gasteiger partial charge in [0.15, 0.2) is 5.41 Å². The quantitative estimate of drug-likeness (QED) is 0.460. The number of carbonyl (C=O) groups excluding carboxylic acids is 2. The van der Waals surface area contributed by atoms with Crippen LogP contribution in [0.1, 0.15) is 30.7 Å². The zero-order chi connectivity index (χ0) is 15.5. The molecule has 1 aliphatic carbocycles. The van der Waals surface area contributed by atoms with Crippen LogP contribution in [0.15, 0.2) is 12.3 Å². The van der Waals surface area contributed by atoms with Gasteiger partial charge in [-0.1, -0.05) is 15.9 Å². The lowest BCUT2D eigenvalue weighted by molar-refractivity contribution is -0.171. The van der Waals surface area contributed by atoms with E-state index in [9.17, 15) is 9.59 Å². The summed E-state index contributed by atoms with van der Waals surface area (Å²) < 4.78 is 10.2. The minimum absolute atomic E-state index is 0.237. The number of nitrogens with zero attached hydrogens (tertiary/aromatic N) is 1. The number of halogens is 1. The minimum Gasteiger partial charge on any atom is -0.465 e. The van der Waals surface area contributed by atoms with E-state index in [0.717, 1.165) is 16.8 Å². The number of esters is 2. The summed E-state index contributed by atoms with van der Waals surface area (Å²) in [6.45, 7) is 3.93. The minimum atomic E-state index is -1.26. The molecule has 2 rings (SSSR count). The second kappa shape index (κ2) is 6.56. The summed E-state index contributed by atoms with van der Waals surface area (Å²) in [7, 11) is 0. The van der Waals surface area contributed by atoms with Crippen LogP contribution in [-0.2, 0) is 37.2 Å². The fraction of sp³-hybridized carbons (Fsp3) is 0.533. The van der Waals surface area contributed by atoms with Gasteiger partial charge in [-0.15, -0.1) is 0 Å². The number of hydrogen-bond donors (Lipinski definition) is 0. The van der Waals surface area contributed by atoms with Crippen molar-refractivity contribution in [3.63, 3.8) is 0 Å². The van der Waals surface area contributed by atoms with Gasteiger partial charge in [0.2, 0.25) is 0 Å². The van der Waals surface area contributed by atoms with Crippen LogP contribution in [0.2, 0.25) is 0 Å². The van der Waals surface area contributed by atoms with Crippen LogP contribution in [0.25, 0.3) is 0 Å². The number of alkyl halides is 1. The zero-order valence-electron chi connectivity index (χ0n) is 12.1. The van der Waals surface area contributed by atoms with Gasteiger partial charge in [-0.2, -0.15) is 0 Å². The first-order chi connectivity index (χ1) is 10.1. The molecule has 0 radical (unpaired) electrons. The largest absolute Gasteiger partial charge is 0.465 e. The van der Waals surface area contributed by atoms with E-state index in [-0.39, 0.29) is 19.6 Å². The van der Waals surface area contributed by atoms with Crippen molar-refractivity contribution in [1.82, 2.24) is 4.98 Å². The van der Waals surface area contributed by atoms with Gasteiger partial charge in [0.05, 0.1) is 18.9 Å². The standard InChI is InChI=1S/C15H18BrNO4/c1-3-20-13(18)15(14(19)21-4-2)6-10-5-12(8-16)17-9-11(10)7-15/h5,9H,3-4,6-8H2,1-2H3. The average molecular weight is 356 g/mol. The van der Waals surface area contributed by atoms with Gasteiger partial charge < -0.3 is 9.47 Å². The molecule has 1 aliphatic rings. The Labute approximate surface area is 132 Å². The van der Waals surface area contributed by atoms with Gasteiger partial charge in [0.25, 0.3) is 0 Å². The van der Waals surface area contributed by atoms with Crippen molar-refractivity contribution in [1.29, 1.82) is 0 Å². The summed E-state index contributed by atoms with van der Waals surface area (Å²) in [4.78, 5) is 29.0. The maximum absolute atomic E-state index is 12.4. The third kappa shape index (κ3) is 2.95. The van der Waals surface area contributed by atoms with E-state index in [2.05, 4.69) is 20.9 Å². The average Bonchev–Trinajstić information content (AvgIpc) is 2.87. The summed E-state index contributed by atoms with van der Waals surface area (Å²) in [6, 6.07) is 1.92. The van der Waals surface area contributed by atoms with Crippen molar-refractivity contribution in [3.05, 3.63) is 29.1 Å². The topological polar surface area (TPSA) is 65.5 Å². The first-order valence-corrected chi connectivity index (χ1v) is 8.06. The highest BCUT2D eigenvalue weighted by Gasteiger charge is 2.53. The number of hydrogen-bond acceptors (Lipinski definition) is 5. The lowest BCUT2D eigenvalue weighted by Gasteiger charge is -2.23. The molecule has 1 aromatic rings. The van der Waals surface area contributed by atoms with Crippen molar-refractivity contribution in [2.45, 2.75) is 32.0 Å².